The molecule has 2 rings (SSSR count). The molecular formula is C13H19NO4S. The Labute approximate surface area is 113 Å². The van der Waals surface area contributed by atoms with Crippen LogP contribution >= 0.6 is 0 Å². The van der Waals surface area contributed by atoms with E-state index < -0.39 is 28.3 Å². The normalized spacial score (nSPS) is 27.9. The molecule has 5 nitrogen and oxygen atoms in total. The highest BCUT2D eigenvalue weighted by Gasteiger charge is 2.40. The third kappa shape index (κ3) is 2.53. The smallest absolute Gasteiger partial charge is 0.243 e. The van der Waals surface area contributed by atoms with Crippen molar-refractivity contribution in [2.75, 3.05) is 7.05 Å². The highest BCUT2D eigenvalue weighted by atomic mass is 32.2. The standard InChI is InChI=1S/C13H19NO4S/c1-9-5-3-4-6-12(9)19(17,18)14(2)10-7-8-11(15)13(10)16/h3-6,10-11,13,15-16H,7-8H2,1-2H3/t10-,11-,13-/m1/s1. The van der Waals surface area contributed by atoms with Gasteiger partial charge in [0.1, 0.15) is 0 Å². The molecule has 2 N–H and O–H groups in total. The molecule has 0 spiro atoms. The highest BCUT2D eigenvalue weighted by molar-refractivity contribution is 7.89. The van der Waals surface area contributed by atoms with Crippen molar-refractivity contribution in [2.45, 2.75) is 42.9 Å². The molecule has 1 aromatic carbocycles. The number of sulfonamides is 1. The number of rotatable bonds is 3. The molecule has 106 valence electrons. The van der Waals surface area contributed by atoms with Gasteiger partial charge >= 0.3 is 0 Å². The first-order valence-electron chi connectivity index (χ1n) is 6.25. The predicted octanol–water partition coefficient (Wildman–Crippen LogP) is 0.500. The van der Waals surface area contributed by atoms with Crippen LogP contribution in [0.5, 0.6) is 0 Å². The van der Waals surface area contributed by atoms with Gasteiger partial charge in [-0.2, -0.15) is 4.31 Å². The lowest BCUT2D eigenvalue weighted by molar-refractivity contribution is 0.0195. The third-order valence-electron chi connectivity index (χ3n) is 3.76. The van der Waals surface area contributed by atoms with Crippen molar-refractivity contribution in [2.24, 2.45) is 0 Å². The molecule has 1 aliphatic carbocycles. The van der Waals surface area contributed by atoms with Gasteiger partial charge in [0.15, 0.2) is 0 Å². The van der Waals surface area contributed by atoms with Crippen molar-refractivity contribution in [3.8, 4) is 0 Å². The molecule has 1 saturated carbocycles. The van der Waals surface area contributed by atoms with Gasteiger partial charge in [0, 0.05) is 7.05 Å². The molecule has 0 radical (unpaired) electrons. The van der Waals surface area contributed by atoms with E-state index in [1.54, 1.807) is 31.2 Å². The van der Waals surface area contributed by atoms with Crippen LogP contribution < -0.4 is 0 Å². The number of aryl methyl sites for hydroxylation is 1. The number of aliphatic hydroxyl groups is 2. The summed E-state index contributed by atoms with van der Waals surface area (Å²) in [5.41, 5.74) is 0.669. The Balaban J connectivity index is 2.33. The molecule has 3 atom stereocenters. The maximum atomic E-state index is 12.5. The van der Waals surface area contributed by atoms with E-state index >= 15 is 0 Å². The summed E-state index contributed by atoms with van der Waals surface area (Å²) in [7, 11) is -2.20. The van der Waals surface area contributed by atoms with Gasteiger partial charge in [0.2, 0.25) is 10.0 Å². The minimum atomic E-state index is -3.65. The van der Waals surface area contributed by atoms with Gasteiger partial charge in [0.05, 0.1) is 23.1 Å². The van der Waals surface area contributed by atoms with Crippen molar-refractivity contribution in [3.05, 3.63) is 29.8 Å². The van der Waals surface area contributed by atoms with Crippen LogP contribution in [0.15, 0.2) is 29.2 Å². The second-order valence-corrected chi connectivity index (χ2v) is 6.96. The largest absolute Gasteiger partial charge is 0.390 e. The summed E-state index contributed by atoms with van der Waals surface area (Å²) in [6.07, 6.45) is -0.994. The van der Waals surface area contributed by atoms with Crippen molar-refractivity contribution in [1.29, 1.82) is 0 Å². The fraction of sp³-hybridized carbons (Fsp3) is 0.538. The lowest BCUT2D eigenvalue weighted by atomic mass is 10.2. The molecule has 0 aromatic heterocycles. The summed E-state index contributed by atoms with van der Waals surface area (Å²) >= 11 is 0. The number of benzene rings is 1. The van der Waals surface area contributed by atoms with E-state index in [4.69, 9.17) is 0 Å². The zero-order valence-electron chi connectivity index (χ0n) is 11.0. The van der Waals surface area contributed by atoms with Gasteiger partial charge in [-0.1, -0.05) is 18.2 Å². The molecule has 0 heterocycles. The minimum absolute atomic E-state index is 0.242. The summed E-state index contributed by atoms with van der Waals surface area (Å²) in [6, 6.07) is 6.18. The van der Waals surface area contributed by atoms with E-state index in [1.165, 1.54) is 11.4 Å². The monoisotopic (exact) mass is 285 g/mol. The maximum absolute atomic E-state index is 12.5. The van der Waals surface area contributed by atoms with E-state index in [9.17, 15) is 18.6 Å². The van der Waals surface area contributed by atoms with Gasteiger partial charge in [-0.15, -0.1) is 0 Å². The van der Waals surface area contributed by atoms with Gasteiger partial charge < -0.3 is 10.2 Å². The summed E-state index contributed by atoms with van der Waals surface area (Å²) < 4.78 is 26.2. The first-order valence-corrected chi connectivity index (χ1v) is 7.69. The Morgan fingerprint density at radius 1 is 1.21 bits per heavy atom. The van der Waals surface area contributed by atoms with E-state index in [0.717, 1.165) is 0 Å². The molecule has 6 heteroatoms. The van der Waals surface area contributed by atoms with E-state index in [2.05, 4.69) is 0 Å². The van der Waals surface area contributed by atoms with Crippen molar-refractivity contribution < 1.29 is 18.6 Å². The Kier molecular flexibility index (Phi) is 3.96. The van der Waals surface area contributed by atoms with Crippen LogP contribution in [0.3, 0.4) is 0 Å². The number of likely N-dealkylation sites (N-methyl/N-ethyl adjacent to an activating group) is 1. The summed E-state index contributed by atoms with van der Waals surface area (Å²) in [4.78, 5) is 0.242. The average Bonchev–Trinajstić information content (AvgIpc) is 2.69. The Morgan fingerprint density at radius 2 is 1.84 bits per heavy atom. The quantitative estimate of drug-likeness (QED) is 0.848. The molecule has 19 heavy (non-hydrogen) atoms. The summed E-state index contributed by atoms with van der Waals surface area (Å²) in [6.45, 7) is 1.74. The van der Waals surface area contributed by atoms with Crippen LogP contribution in [0.25, 0.3) is 0 Å². The maximum Gasteiger partial charge on any atom is 0.243 e. The SMILES string of the molecule is Cc1ccccc1S(=O)(=O)N(C)[C@@H]1CC[C@@H](O)[C@@H]1O. The van der Waals surface area contributed by atoms with Crippen LogP contribution in [-0.4, -0.2) is 48.2 Å². The second-order valence-electron chi connectivity index (χ2n) is 4.99. The molecule has 0 saturated heterocycles. The van der Waals surface area contributed by atoms with Gasteiger partial charge in [0.25, 0.3) is 0 Å². The first-order chi connectivity index (χ1) is 8.85. The number of nitrogens with zero attached hydrogens (tertiary/aromatic N) is 1. The van der Waals surface area contributed by atoms with E-state index in [-0.39, 0.29) is 4.90 Å². The molecular weight excluding hydrogens is 266 g/mol. The molecule has 0 aliphatic heterocycles. The Morgan fingerprint density at radius 3 is 2.37 bits per heavy atom. The minimum Gasteiger partial charge on any atom is -0.390 e. The number of aliphatic hydroxyl groups excluding tert-OH is 2. The van der Waals surface area contributed by atoms with Crippen LogP contribution in [0.1, 0.15) is 18.4 Å². The number of hydrogen-bond donors (Lipinski definition) is 2. The molecule has 1 aromatic rings. The second kappa shape index (κ2) is 5.20. The Hall–Kier alpha value is -0.950. The first kappa shape index (κ1) is 14.5. The summed E-state index contributed by atoms with van der Waals surface area (Å²) in [5.74, 6) is 0. The molecule has 0 unspecified atom stereocenters. The van der Waals surface area contributed by atoms with E-state index in [1.807, 2.05) is 0 Å². The lowest BCUT2D eigenvalue weighted by Gasteiger charge is -2.27. The van der Waals surface area contributed by atoms with Crippen LogP contribution in [-0.2, 0) is 10.0 Å². The molecule has 0 amide bonds. The average molecular weight is 285 g/mol. The lowest BCUT2D eigenvalue weighted by Crippen LogP contribution is -2.44. The van der Waals surface area contributed by atoms with Crippen LogP contribution in [0, 0.1) is 6.92 Å². The van der Waals surface area contributed by atoms with Gasteiger partial charge in [-0.25, -0.2) is 8.42 Å². The van der Waals surface area contributed by atoms with Crippen molar-refractivity contribution >= 4 is 10.0 Å². The molecule has 0 bridgehead atoms. The zero-order chi connectivity index (χ0) is 14.2. The molecule has 1 fully saturated rings. The predicted molar refractivity (Wildman–Crippen MR) is 71.2 cm³/mol. The zero-order valence-corrected chi connectivity index (χ0v) is 11.8. The van der Waals surface area contributed by atoms with Crippen LogP contribution in [0.2, 0.25) is 0 Å². The summed E-state index contributed by atoms with van der Waals surface area (Å²) in [5, 5.41) is 19.4. The van der Waals surface area contributed by atoms with Crippen molar-refractivity contribution in [3.63, 3.8) is 0 Å². The third-order valence-corrected chi connectivity index (χ3v) is 5.81. The molecule has 1 aliphatic rings. The van der Waals surface area contributed by atoms with Crippen molar-refractivity contribution in [1.82, 2.24) is 4.31 Å². The fourth-order valence-corrected chi connectivity index (χ4v) is 4.14. The fourth-order valence-electron chi connectivity index (χ4n) is 2.52. The number of hydrogen-bond acceptors (Lipinski definition) is 4. The highest BCUT2D eigenvalue weighted by Crippen LogP contribution is 2.29. The van der Waals surface area contributed by atoms with Gasteiger partial charge in [-0.3, -0.25) is 0 Å². The van der Waals surface area contributed by atoms with E-state index in [0.29, 0.717) is 18.4 Å². The van der Waals surface area contributed by atoms with Crippen LogP contribution in [0.4, 0.5) is 0 Å². The topological polar surface area (TPSA) is 77.8 Å². The van der Waals surface area contributed by atoms with Gasteiger partial charge in [-0.05, 0) is 31.4 Å². The Bertz CT molecular complexity index is 558.